The van der Waals surface area contributed by atoms with Gasteiger partial charge in [0.05, 0.1) is 11.8 Å². The average Bonchev–Trinajstić information content (AvgIpc) is 3.05. The minimum atomic E-state index is -3.25. The van der Waals surface area contributed by atoms with Crippen molar-refractivity contribution in [2.75, 3.05) is 13.1 Å². The fourth-order valence-corrected chi connectivity index (χ4v) is 5.33. The van der Waals surface area contributed by atoms with Crippen LogP contribution in [0.5, 0.6) is 5.88 Å². The number of rotatable bonds is 4. The molecule has 1 aromatic heterocycles. The third kappa shape index (κ3) is 3.46. The van der Waals surface area contributed by atoms with Gasteiger partial charge in [-0.15, -0.1) is 0 Å². The Labute approximate surface area is 136 Å². The highest BCUT2D eigenvalue weighted by molar-refractivity contribution is 7.89. The van der Waals surface area contributed by atoms with Gasteiger partial charge in [-0.25, -0.2) is 18.4 Å². The monoisotopic (exact) mass is 336 g/mol. The van der Waals surface area contributed by atoms with Crippen molar-refractivity contribution in [1.82, 2.24) is 14.3 Å². The van der Waals surface area contributed by atoms with Crippen LogP contribution >= 0.6 is 0 Å². The Balaban J connectivity index is 1.65. The number of hydrogen-bond donors (Lipinski definition) is 0. The molecule has 0 amide bonds. The van der Waals surface area contributed by atoms with Gasteiger partial charge in [0.2, 0.25) is 15.7 Å². The van der Waals surface area contributed by atoms with Crippen LogP contribution < -0.4 is 4.74 Å². The molecule has 1 aliphatic carbocycles. The van der Waals surface area contributed by atoms with Gasteiger partial charge < -0.3 is 4.74 Å². The van der Waals surface area contributed by atoms with E-state index < -0.39 is 10.0 Å². The van der Waals surface area contributed by atoms with Crippen molar-refractivity contribution in [3.63, 3.8) is 0 Å². The topological polar surface area (TPSA) is 96.2 Å². The molecule has 0 radical (unpaired) electrons. The third-order valence-electron chi connectivity index (χ3n) is 4.49. The van der Waals surface area contributed by atoms with E-state index >= 15 is 0 Å². The molecule has 0 spiro atoms. The van der Waals surface area contributed by atoms with Crippen LogP contribution in [0.3, 0.4) is 0 Å². The summed E-state index contributed by atoms with van der Waals surface area (Å²) in [6.07, 6.45) is 7.83. The van der Waals surface area contributed by atoms with Gasteiger partial charge in [0.1, 0.15) is 12.2 Å². The second kappa shape index (κ2) is 6.81. The Morgan fingerprint density at radius 3 is 2.65 bits per heavy atom. The molecule has 0 bridgehead atoms. The first-order valence-electron chi connectivity index (χ1n) is 7.98. The summed E-state index contributed by atoms with van der Waals surface area (Å²) in [4.78, 5) is 7.91. The van der Waals surface area contributed by atoms with Crippen LogP contribution in [0.2, 0.25) is 0 Å². The lowest BCUT2D eigenvalue weighted by molar-refractivity contribution is 0.205. The van der Waals surface area contributed by atoms with Gasteiger partial charge >= 0.3 is 0 Å². The molecule has 1 saturated heterocycles. The van der Waals surface area contributed by atoms with E-state index in [2.05, 4.69) is 9.97 Å². The largest absolute Gasteiger partial charge is 0.471 e. The SMILES string of the molecule is N#Cc1nccnc1O[C@@H]1CCN(S(=O)(=O)C2CCCCC2)C1. The molecular formula is C15H20N4O3S. The van der Waals surface area contributed by atoms with Crippen molar-refractivity contribution < 1.29 is 13.2 Å². The minimum Gasteiger partial charge on any atom is -0.471 e. The van der Waals surface area contributed by atoms with Crippen molar-refractivity contribution in [2.24, 2.45) is 0 Å². The molecule has 1 aromatic rings. The highest BCUT2D eigenvalue weighted by Gasteiger charge is 2.38. The van der Waals surface area contributed by atoms with Crippen molar-refractivity contribution in [1.29, 1.82) is 5.26 Å². The van der Waals surface area contributed by atoms with Gasteiger partial charge in [-0.05, 0) is 19.3 Å². The molecule has 8 heteroatoms. The fraction of sp³-hybridized carbons (Fsp3) is 0.667. The van der Waals surface area contributed by atoms with E-state index in [1.54, 1.807) is 0 Å². The van der Waals surface area contributed by atoms with Crippen molar-refractivity contribution >= 4 is 10.0 Å². The lowest BCUT2D eigenvalue weighted by atomic mass is 10.0. The molecule has 124 valence electrons. The Bertz CT molecular complexity index is 695. The number of hydrogen-bond acceptors (Lipinski definition) is 6. The quantitative estimate of drug-likeness (QED) is 0.826. The van der Waals surface area contributed by atoms with Crippen LogP contribution in [0.15, 0.2) is 12.4 Å². The predicted octanol–water partition coefficient (Wildman–Crippen LogP) is 1.46. The Morgan fingerprint density at radius 1 is 1.17 bits per heavy atom. The number of nitriles is 1. The summed E-state index contributed by atoms with van der Waals surface area (Å²) in [6, 6.07) is 1.93. The molecule has 23 heavy (non-hydrogen) atoms. The third-order valence-corrected chi connectivity index (χ3v) is 6.86. The first-order chi connectivity index (χ1) is 11.1. The lowest BCUT2D eigenvalue weighted by Crippen LogP contribution is -2.39. The summed E-state index contributed by atoms with van der Waals surface area (Å²) >= 11 is 0. The van der Waals surface area contributed by atoms with Crippen LogP contribution in [0.1, 0.15) is 44.2 Å². The van der Waals surface area contributed by atoms with Crippen LogP contribution in [-0.2, 0) is 10.0 Å². The van der Waals surface area contributed by atoms with Gasteiger partial charge in [-0.2, -0.15) is 9.57 Å². The van der Waals surface area contributed by atoms with Crippen molar-refractivity contribution in [3.05, 3.63) is 18.1 Å². The highest BCUT2D eigenvalue weighted by Crippen LogP contribution is 2.29. The predicted molar refractivity (Wildman–Crippen MR) is 83.1 cm³/mol. The van der Waals surface area contributed by atoms with E-state index in [9.17, 15) is 8.42 Å². The Hall–Kier alpha value is -1.72. The molecule has 2 fully saturated rings. The zero-order valence-corrected chi connectivity index (χ0v) is 13.7. The van der Waals surface area contributed by atoms with Gasteiger partial charge in [-0.3, -0.25) is 0 Å². The summed E-state index contributed by atoms with van der Waals surface area (Å²) in [5, 5.41) is 8.76. The number of aromatic nitrogens is 2. The van der Waals surface area contributed by atoms with E-state index in [0.29, 0.717) is 19.5 Å². The van der Waals surface area contributed by atoms with Crippen molar-refractivity contribution in [2.45, 2.75) is 49.9 Å². The lowest BCUT2D eigenvalue weighted by Gasteiger charge is -2.26. The zero-order valence-electron chi connectivity index (χ0n) is 12.9. The first-order valence-corrected chi connectivity index (χ1v) is 9.48. The van der Waals surface area contributed by atoms with Crippen LogP contribution in [0, 0.1) is 11.3 Å². The minimum absolute atomic E-state index is 0.126. The van der Waals surface area contributed by atoms with E-state index in [-0.39, 0.29) is 22.9 Å². The number of ether oxygens (including phenoxy) is 1. The second-order valence-corrected chi connectivity index (χ2v) is 8.23. The highest BCUT2D eigenvalue weighted by atomic mass is 32.2. The van der Waals surface area contributed by atoms with Gasteiger partial charge in [0.25, 0.3) is 5.88 Å². The van der Waals surface area contributed by atoms with E-state index in [4.69, 9.17) is 10.00 Å². The molecule has 2 aliphatic rings. The molecule has 2 heterocycles. The molecule has 3 rings (SSSR count). The first kappa shape index (κ1) is 16.1. The number of nitrogens with zero attached hydrogens (tertiary/aromatic N) is 4. The van der Waals surface area contributed by atoms with E-state index in [1.165, 1.54) is 16.7 Å². The molecular weight excluding hydrogens is 316 g/mol. The van der Waals surface area contributed by atoms with E-state index in [0.717, 1.165) is 32.1 Å². The van der Waals surface area contributed by atoms with Gasteiger partial charge in [0, 0.05) is 18.9 Å². The molecule has 1 atom stereocenters. The summed E-state index contributed by atoms with van der Waals surface area (Å²) in [5.41, 5.74) is 0.126. The maximum Gasteiger partial charge on any atom is 0.251 e. The molecule has 7 nitrogen and oxygen atoms in total. The second-order valence-electron chi connectivity index (χ2n) is 6.01. The number of sulfonamides is 1. The molecule has 0 N–H and O–H groups in total. The zero-order chi connectivity index (χ0) is 16.3. The smallest absolute Gasteiger partial charge is 0.251 e. The van der Waals surface area contributed by atoms with Crippen molar-refractivity contribution in [3.8, 4) is 11.9 Å². The summed E-state index contributed by atoms with van der Waals surface area (Å²) < 4.78 is 32.6. The molecule has 1 saturated carbocycles. The van der Waals surface area contributed by atoms with Gasteiger partial charge in [0.15, 0.2) is 0 Å². The maximum absolute atomic E-state index is 12.7. The molecule has 1 aliphatic heterocycles. The summed E-state index contributed by atoms with van der Waals surface area (Å²) in [5.74, 6) is 0.178. The van der Waals surface area contributed by atoms with E-state index in [1.807, 2.05) is 6.07 Å². The molecule has 0 aromatic carbocycles. The van der Waals surface area contributed by atoms with Crippen LogP contribution in [-0.4, -0.2) is 47.1 Å². The normalized spacial score (nSPS) is 23.5. The fourth-order valence-electron chi connectivity index (χ4n) is 3.24. The van der Waals surface area contributed by atoms with Gasteiger partial charge in [-0.1, -0.05) is 19.3 Å². The maximum atomic E-state index is 12.7. The Kier molecular flexibility index (Phi) is 4.78. The average molecular weight is 336 g/mol. The van der Waals surface area contributed by atoms with Crippen LogP contribution in [0.25, 0.3) is 0 Å². The van der Waals surface area contributed by atoms with Crippen LogP contribution in [0.4, 0.5) is 0 Å². The summed E-state index contributed by atoms with van der Waals surface area (Å²) in [6.45, 7) is 0.784. The summed E-state index contributed by atoms with van der Waals surface area (Å²) in [7, 11) is -3.25. The molecule has 0 unspecified atom stereocenters. The Morgan fingerprint density at radius 2 is 1.91 bits per heavy atom. The standard InChI is InChI=1S/C15H20N4O3S/c16-10-14-15(18-8-7-17-14)22-12-6-9-19(11-12)23(20,21)13-4-2-1-3-5-13/h7-8,12-13H,1-6,9,11H2/t12-/m1/s1.